The molecule has 106 valence electrons. The first-order valence-corrected chi connectivity index (χ1v) is 7.99. The highest BCUT2D eigenvalue weighted by Crippen LogP contribution is 2.34. The molecule has 2 aromatic rings. The molecule has 0 amide bonds. The van der Waals surface area contributed by atoms with Crippen LogP contribution in [-0.2, 0) is 0 Å². The van der Waals surface area contributed by atoms with E-state index in [1.54, 1.807) is 6.20 Å². The predicted octanol–water partition coefficient (Wildman–Crippen LogP) is 5.21. The van der Waals surface area contributed by atoms with Crippen molar-refractivity contribution >= 4 is 35.0 Å². The zero-order chi connectivity index (χ0) is 14.5. The van der Waals surface area contributed by atoms with Crippen molar-refractivity contribution in [3.8, 4) is 0 Å². The molecule has 1 atom stereocenters. The maximum Gasteiger partial charge on any atom is 0.101 e. The number of hydrogen-bond donors (Lipinski definition) is 1. The monoisotopic (exact) mass is 326 g/mol. The molecule has 2 rings (SSSR count). The van der Waals surface area contributed by atoms with E-state index in [1.165, 1.54) is 17.3 Å². The van der Waals surface area contributed by atoms with Crippen molar-refractivity contribution in [1.29, 1.82) is 0 Å². The van der Waals surface area contributed by atoms with Gasteiger partial charge in [-0.3, -0.25) is 0 Å². The third-order valence-electron chi connectivity index (χ3n) is 2.88. The van der Waals surface area contributed by atoms with E-state index in [4.69, 9.17) is 23.2 Å². The van der Waals surface area contributed by atoms with E-state index in [9.17, 15) is 0 Å². The average molecular weight is 327 g/mol. The maximum atomic E-state index is 6.35. The Kier molecular flexibility index (Phi) is 5.73. The Morgan fingerprint density at radius 2 is 2.05 bits per heavy atom. The van der Waals surface area contributed by atoms with Crippen molar-refractivity contribution in [2.75, 3.05) is 6.54 Å². The van der Waals surface area contributed by atoms with Crippen LogP contribution in [0.15, 0.2) is 46.5 Å². The summed E-state index contributed by atoms with van der Waals surface area (Å²) in [4.78, 5) is 5.26. The number of halogens is 2. The van der Waals surface area contributed by atoms with E-state index in [0.717, 1.165) is 21.5 Å². The third kappa shape index (κ3) is 4.13. The Bertz CT molecular complexity index is 573. The van der Waals surface area contributed by atoms with Gasteiger partial charge in [-0.2, -0.15) is 0 Å². The van der Waals surface area contributed by atoms with E-state index in [1.807, 2.05) is 24.3 Å². The van der Waals surface area contributed by atoms with Gasteiger partial charge in [-0.1, -0.05) is 48.0 Å². The van der Waals surface area contributed by atoms with Gasteiger partial charge in [0.1, 0.15) is 5.03 Å². The Morgan fingerprint density at radius 1 is 1.25 bits per heavy atom. The fourth-order valence-corrected chi connectivity index (χ4v) is 3.00. The fourth-order valence-electron chi connectivity index (χ4n) is 1.83. The topological polar surface area (TPSA) is 24.9 Å². The highest BCUT2D eigenvalue weighted by Gasteiger charge is 2.09. The zero-order valence-corrected chi connectivity index (χ0v) is 13.7. The molecular formula is C15H16Cl2N2S. The summed E-state index contributed by atoms with van der Waals surface area (Å²) in [5, 5.41) is 5.63. The number of nitrogens with zero attached hydrogens (tertiary/aromatic N) is 1. The number of pyridine rings is 1. The lowest BCUT2D eigenvalue weighted by molar-refractivity contribution is 0.598. The van der Waals surface area contributed by atoms with Crippen LogP contribution in [0.5, 0.6) is 0 Å². The summed E-state index contributed by atoms with van der Waals surface area (Å²) in [6.07, 6.45) is 1.64. The minimum Gasteiger partial charge on any atom is -0.310 e. The molecule has 0 saturated heterocycles. The second-order valence-electron chi connectivity index (χ2n) is 4.39. The molecule has 0 radical (unpaired) electrons. The van der Waals surface area contributed by atoms with Crippen molar-refractivity contribution in [3.05, 3.63) is 52.1 Å². The van der Waals surface area contributed by atoms with Crippen LogP contribution in [0.4, 0.5) is 0 Å². The van der Waals surface area contributed by atoms with Gasteiger partial charge in [-0.15, -0.1) is 0 Å². The van der Waals surface area contributed by atoms with Gasteiger partial charge in [0.25, 0.3) is 0 Å². The molecule has 0 aliphatic rings. The Balaban J connectivity index is 2.15. The van der Waals surface area contributed by atoms with Crippen molar-refractivity contribution in [2.45, 2.75) is 29.8 Å². The second-order valence-corrected chi connectivity index (χ2v) is 6.29. The summed E-state index contributed by atoms with van der Waals surface area (Å²) in [7, 11) is 0. The maximum absolute atomic E-state index is 6.35. The molecule has 0 bridgehead atoms. The average Bonchev–Trinajstić information content (AvgIpc) is 2.43. The van der Waals surface area contributed by atoms with Crippen molar-refractivity contribution in [3.63, 3.8) is 0 Å². The molecule has 0 aliphatic carbocycles. The number of benzene rings is 1. The highest BCUT2D eigenvalue weighted by atomic mass is 35.5. The minimum absolute atomic E-state index is 0.296. The van der Waals surface area contributed by atoms with E-state index in [2.05, 4.69) is 30.2 Å². The van der Waals surface area contributed by atoms with Gasteiger partial charge >= 0.3 is 0 Å². The standard InChI is InChI=1S/C15H16Cl2N2S/c1-3-18-10(2)11-4-6-14(13(17)8-11)20-15-7-5-12(16)9-19-15/h4-10,18H,3H2,1-2H3. The lowest BCUT2D eigenvalue weighted by atomic mass is 10.1. The molecule has 1 aromatic carbocycles. The van der Waals surface area contributed by atoms with E-state index in [0.29, 0.717) is 11.1 Å². The lowest BCUT2D eigenvalue weighted by Crippen LogP contribution is -2.17. The van der Waals surface area contributed by atoms with Gasteiger partial charge in [-0.05, 0) is 43.3 Å². The highest BCUT2D eigenvalue weighted by molar-refractivity contribution is 7.99. The molecule has 5 heteroatoms. The first-order valence-electron chi connectivity index (χ1n) is 6.42. The van der Waals surface area contributed by atoms with Crippen LogP contribution in [0, 0.1) is 0 Å². The van der Waals surface area contributed by atoms with Crippen LogP contribution in [0.25, 0.3) is 0 Å². The normalized spacial score (nSPS) is 12.4. The quantitative estimate of drug-likeness (QED) is 0.816. The molecule has 1 aromatic heterocycles. The zero-order valence-electron chi connectivity index (χ0n) is 11.4. The number of nitrogens with one attached hydrogen (secondary N) is 1. The van der Waals surface area contributed by atoms with Crippen LogP contribution in [0.3, 0.4) is 0 Å². The molecule has 0 spiro atoms. The smallest absolute Gasteiger partial charge is 0.101 e. The second kappa shape index (κ2) is 7.32. The first-order chi connectivity index (χ1) is 9.60. The van der Waals surface area contributed by atoms with Crippen LogP contribution < -0.4 is 5.32 Å². The predicted molar refractivity (Wildman–Crippen MR) is 86.9 cm³/mol. The Labute approximate surface area is 133 Å². The third-order valence-corrected chi connectivity index (χ3v) is 4.56. The Hall–Kier alpha value is -0.740. The number of aromatic nitrogens is 1. The number of rotatable bonds is 5. The van der Waals surface area contributed by atoms with Gasteiger partial charge in [-0.25, -0.2) is 4.98 Å². The van der Waals surface area contributed by atoms with Gasteiger partial charge in [0.2, 0.25) is 0 Å². The molecule has 1 N–H and O–H groups in total. The summed E-state index contributed by atoms with van der Waals surface area (Å²) in [5.41, 5.74) is 1.19. The molecule has 0 aliphatic heterocycles. The SMILES string of the molecule is CCNC(C)c1ccc(Sc2ccc(Cl)cn2)c(Cl)c1. The van der Waals surface area contributed by atoms with Crippen LogP contribution in [-0.4, -0.2) is 11.5 Å². The van der Waals surface area contributed by atoms with E-state index >= 15 is 0 Å². The summed E-state index contributed by atoms with van der Waals surface area (Å²) in [5.74, 6) is 0. The summed E-state index contributed by atoms with van der Waals surface area (Å²) >= 11 is 13.7. The first kappa shape index (κ1) is 15.6. The van der Waals surface area contributed by atoms with Crippen molar-refractivity contribution in [2.24, 2.45) is 0 Å². The minimum atomic E-state index is 0.296. The molecule has 0 fully saturated rings. The van der Waals surface area contributed by atoms with E-state index in [-0.39, 0.29) is 0 Å². The fraction of sp³-hybridized carbons (Fsp3) is 0.267. The van der Waals surface area contributed by atoms with Crippen molar-refractivity contribution < 1.29 is 0 Å². The Morgan fingerprint density at radius 3 is 2.65 bits per heavy atom. The number of hydrogen-bond acceptors (Lipinski definition) is 3. The van der Waals surface area contributed by atoms with Gasteiger partial charge in [0.05, 0.1) is 10.0 Å². The summed E-state index contributed by atoms with van der Waals surface area (Å²) in [6, 6.07) is 10.1. The largest absolute Gasteiger partial charge is 0.310 e. The molecule has 1 unspecified atom stereocenters. The van der Waals surface area contributed by atoms with Crippen LogP contribution in [0.1, 0.15) is 25.5 Å². The summed E-state index contributed by atoms with van der Waals surface area (Å²) < 4.78 is 0. The molecule has 2 nitrogen and oxygen atoms in total. The lowest BCUT2D eigenvalue weighted by Gasteiger charge is -2.14. The molecule has 20 heavy (non-hydrogen) atoms. The molecule has 1 heterocycles. The van der Waals surface area contributed by atoms with Gasteiger partial charge in [0, 0.05) is 17.1 Å². The van der Waals surface area contributed by atoms with Gasteiger partial charge < -0.3 is 5.32 Å². The van der Waals surface area contributed by atoms with Crippen LogP contribution in [0.2, 0.25) is 10.0 Å². The summed E-state index contributed by atoms with van der Waals surface area (Å²) in [6.45, 7) is 5.15. The molecule has 0 saturated carbocycles. The van der Waals surface area contributed by atoms with Crippen molar-refractivity contribution in [1.82, 2.24) is 10.3 Å². The molecular weight excluding hydrogens is 311 g/mol. The van der Waals surface area contributed by atoms with Crippen LogP contribution >= 0.6 is 35.0 Å². The van der Waals surface area contributed by atoms with Gasteiger partial charge in [0.15, 0.2) is 0 Å². The van der Waals surface area contributed by atoms with E-state index < -0.39 is 0 Å².